The Hall–Kier alpha value is -5.08. The number of aliphatic hydroxyl groups excluding tert-OH is 2. The molecule has 0 bridgehead atoms. The lowest BCUT2D eigenvalue weighted by atomic mass is 9.80. The molecule has 5 aromatic rings. The number of rotatable bonds is 17. The van der Waals surface area contributed by atoms with E-state index in [1.165, 1.54) is 19.2 Å². The number of nitrogens with zero attached hydrogens (tertiary/aromatic N) is 2. The summed E-state index contributed by atoms with van der Waals surface area (Å²) < 4.78 is 18.0. The number of ether oxygens (including phenoxy) is 3. The molecule has 0 unspecified atom stereocenters. The van der Waals surface area contributed by atoms with E-state index < -0.39 is 18.6 Å². The van der Waals surface area contributed by atoms with Gasteiger partial charge in [-0.1, -0.05) is 11.6 Å². The maximum Gasteiger partial charge on any atom is 0.310 e. The normalized spacial score (nSPS) is 13.2. The summed E-state index contributed by atoms with van der Waals surface area (Å²) in [6, 6.07) is 2.69. The monoisotopic (exact) mass is 785 g/mol. The number of benzene rings is 5. The van der Waals surface area contributed by atoms with Crippen molar-refractivity contribution in [2.24, 2.45) is 0 Å². The Balaban J connectivity index is 1.59. The molecule has 0 saturated carbocycles. The van der Waals surface area contributed by atoms with Crippen molar-refractivity contribution in [3.63, 3.8) is 0 Å². The Bertz CT molecular complexity index is 2530. The standard InChI is InChI=1S/C44H53N3O10/c1-24-16-28-27(12-9-10-13-32(52)56-22-46(2,3)4)43(54)39-31(51)19-26(21-49)35-34-25(20-48)18-30(50)38-40(34)37(36(28)41(35)39)29(17-24)44(55-8)42(38)45-15-11-14-33(53)57-23-47(5,6)7/h16,18-19,48-49H,9-15,17,20-23H2,1-8H3/p+2. The number of esters is 2. The van der Waals surface area contributed by atoms with Gasteiger partial charge in [-0.25, -0.2) is 0 Å². The molecule has 6 rings (SSSR count). The van der Waals surface area contributed by atoms with Crippen LogP contribution in [0.5, 0.6) is 11.5 Å². The number of hydrogen-bond acceptors (Lipinski definition) is 11. The lowest BCUT2D eigenvalue weighted by molar-refractivity contribution is -0.888. The number of hydrogen-bond donors (Lipinski definition) is 4. The summed E-state index contributed by atoms with van der Waals surface area (Å²) in [6.45, 7) is 1.77. The highest BCUT2D eigenvalue weighted by atomic mass is 16.6. The van der Waals surface area contributed by atoms with Crippen LogP contribution in [0, 0.1) is 0 Å². The predicted molar refractivity (Wildman–Crippen MR) is 222 cm³/mol. The lowest BCUT2D eigenvalue weighted by Gasteiger charge is -2.25. The second-order valence-electron chi connectivity index (χ2n) is 17.3. The summed E-state index contributed by atoms with van der Waals surface area (Å²) in [6.07, 6.45) is 4.50. The van der Waals surface area contributed by atoms with E-state index >= 15 is 0 Å². The van der Waals surface area contributed by atoms with Crippen LogP contribution < -0.4 is 20.9 Å². The zero-order chi connectivity index (χ0) is 41.6. The van der Waals surface area contributed by atoms with Crippen LogP contribution in [0.1, 0.15) is 66.8 Å². The molecule has 0 fully saturated rings. The van der Waals surface area contributed by atoms with Gasteiger partial charge in [-0.3, -0.25) is 28.1 Å². The number of allylic oxidation sites excluding steroid dienone is 1. The molecular formula is C44H55N3O10+2. The van der Waals surface area contributed by atoms with Gasteiger partial charge in [-0.2, -0.15) is 0 Å². The van der Waals surface area contributed by atoms with Crippen molar-refractivity contribution in [3.05, 3.63) is 66.0 Å². The minimum atomic E-state index is -0.504. The Morgan fingerprint density at radius 3 is 1.82 bits per heavy atom. The van der Waals surface area contributed by atoms with E-state index in [1.54, 1.807) is 0 Å². The Labute approximate surface area is 331 Å². The molecule has 0 radical (unpaired) electrons. The number of carbonyl (C=O) groups is 2. The number of nitrogens with one attached hydrogen (secondary N) is 1. The van der Waals surface area contributed by atoms with Gasteiger partial charge in [0.25, 0.3) is 0 Å². The summed E-state index contributed by atoms with van der Waals surface area (Å²) in [5.41, 5.74) is 3.15. The molecule has 5 aromatic carbocycles. The van der Waals surface area contributed by atoms with E-state index in [1.807, 2.05) is 55.3 Å². The van der Waals surface area contributed by atoms with Crippen LogP contribution in [0.15, 0.2) is 27.3 Å². The number of quaternary nitrogens is 2. The number of methoxy groups -OCH3 is 1. The Morgan fingerprint density at radius 1 is 0.737 bits per heavy atom. The molecule has 0 atom stereocenters. The zero-order valence-electron chi connectivity index (χ0n) is 34.3. The molecule has 0 aliphatic heterocycles. The van der Waals surface area contributed by atoms with E-state index in [-0.39, 0.29) is 54.8 Å². The smallest absolute Gasteiger partial charge is 0.310 e. The molecule has 57 heavy (non-hydrogen) atoms. The molecule has 1 aliphatic rings. The Kier molecular flexibility index (Phi) is 11.7. The maximum atomic E-state index is 14.3. The van der Waals surface area contributed by atoms with Gasteiger partial charge >= 0.3 is 11.9 Å². The first-order chi connectivity index (χ1) is 26.9. The minimum absolute atomic E-state index is 0.0874. The fourth-order valence-corrected chi connectivity index (χ4v) is 8.10. The van der Waals surface area contributed by atoms with Crippen molar-refractivity contribution in [1.29, 1.82) is 0 Å². The molecule has 0 amide bonds. The third kappa shape index (κ3) is 8.07. The first-order valence-electron chi connectivity index (χ1n) is 19.4. The number of fused-ring (bicyclic) bond motifs is 1. The second kappa shape index (κ2) is 16.0. The first kappa shape index (κ1) is 41.6. The SMILES string of the molecule is COc1c(NCCCC(=O)OC[N+](C)(C)C)c2c(=O)cc(CO)c3c4c(CO)cc(=O)c5c(O)c(CCCCC(=O)OC[N+](C)(C)C)c6c(c(c1CC(C)=C6)c23)c54. The van der Waals surface area contributed by atoms with Crippen LogP contribution >= 0.6 is 0 Å². The van der Waals surface area contributed by atoms with Crippen molar-refractivity contribution in [3.8, 4) is 11.5 Å². The van der Waals surface area contributed by atoms with Gasteiger partial charge in [0.15, 0.2) is 10.9 Å². The molecule has 0 aromatic heterocycles. The van der Waals surface area contributed by atoms with Gasteiger partial charge in [0.1, 0.15) is 11.5 Å². The second-order valence-corrected chi connectivity index (χ2v) is 17.3. The van der Waals surface area contributed by atoms with Crippen LogP contribution in [0.2, 0.25) is 0 Å². The number of phenolic OH excluding ortho intramolecular Hbond substituents is 1. The molecule has 13 nitrogen and oxygen atoms in total. The zero-order valence-corrected chi connectivity index (χ0v) is 34.3. The Morgan fingerprint density at radius 2 is 1.28 bits per heavy atom. The highest BCUT2D eigenvalue weighted by molar-refractivity contribution is 6.38. The molecule has 0 spiro atoms. The van der Waals surface area contributed by atoms with Crippen molar-refractivity contribution in [2.75, 3.05) is 74.7 Å². The van der Waals surface area contributed by atoms with Gasteiger partial charge in [0.05, 0.1) is 79.1 Å². The first-order valence-corrected chi connectivity index (χ1v) is 19.4. The van der Waals surface area contributed by atoms with Gasteiger partial charge in [0, 0.05) is 41.3 Å². The molecular weight excluding hydrogens is 730 g/mol. The van der Waals surface area contributed by atoms with E-state index in [0.29, 0.717) is 119 Å². The average molecular weight is 786 g/mol. The van der Waals surface area contributed by atoms with E-state index in [2.05, 4.69) is 5.32 Å². The third-order valence-corrected chi connectivity index (χ3v) is 10.4. The number of aliphatic hydroxyl groups is 2. The van der Waals surface area contributed by atoms with Crippen molar-refractivity contribution in [1.82, 2.24) is 0 Å². The fourth-order valence-electron chi connectivity index (χ4n) is 8.10. The topological polar surface area (TPSA) is 169 Å². The minimum Gasteiger partial charge on any atom is -0.507 e. The maximum absolute atomic E-state index is 14.3. The van der Waals surface area contributed by atoms with Gasteiger partial charge in [-0.15, -0.1) is 0 Å². The number of phenols is 1. The predicted octanol–water partition coefficient (Wildman–Crippen LogP) is 4.87. The van der Waals surface area contributed by atoms with E-state index in [4.69, 9.17) is 14.2 Å². The number of aromatic hydroxyl groups is 1. The highest BCUT2D eigenvalue weighted by Gasteiger charge is 2.32. The van der Waals surface area contributed by atoms with Crippen LogP contribution in [0.25, 0.3) is 49.2 Å². The molecule has 304 valence electrons. The molecule has 0 heterocycles. The van der Waals surface area contributed by atoms with Crippen LogP contribution in [0.4, 0.5) is 5.69 Å². The fraction of sp³-hybridized carbons (Fsp3) is 0.455. The van der Waals surface area contributed by atoms with Crippen molar-refractivity contribution in [2.45, 2.75) is 65.1 Å². The van der Waals surface area contributed by atoms with E-state index in [0.717, 1.165) is 11.1 Å². The molecule has 0 saturated heterocycles. The van der Waals surface area contributed by atoms with Crippen LogP contribution in [-0.4, -0.2) is 106 Å². The van der Waals surface area contributed by atoms with Crippen LogP contribution in [0.3, 0.4) is 0 Å². The number of anilines is 1. The average Bonchev–Trinajstić information content (AvgIpc) is 3.29. The van der Waals surface area contributed by atoms with Gasteiger partial charge in [-0.05, 0) is 89.4 Å². The molecule has 13 heteroatoms. The van der Waals surface area contributed by atoms with Crippen LogP contribution in [-0.2, 0) is 45.1 Å². The largest absolute Gasteiger partial charge is 0.507 e. The highest BCUT2D eigenvalue weighted by Crippen LogP contribution is 2.53. The molecule has 4 N–H and O–H groups in total. The number of carbonyl (C=O) groups excluding carboxylic acids is 2. The van der Waals surface area contributed by atoms with E-state index in [9.17, 15) is 34.5 Å². The quantitative estimate of drug-likeness (QED) is 0.0254. The summed E-state index contributed by atoms with van der Waals surface area (Å²) in [7, 11) is 13.1. The third-order valence-electron chi connectivity index (χ3n) is 10.4. The summed E-state index contributed by atoms with van der Waals surface area (Å²) in [4.78, 5) is 53.4. The number of unbranched alkanes of at least 4 members (excludes halogenated alkanes) is 1. The summed E-state index contributed by atoms with van der Waals surface area (Å²) >= 11 is 0. The van der Waals surface area contributed by atoms with Gasteiger partial charge < -0.3 is 34.8 Å². The van der Waals surface area contributed by atoms with Crippen molar-refractivity contribution >= 4 is 66.8 Å². The van der Waals surface area contributed by atoms with Gasteiger partial charge in [0.2, 0.25) is 13.5 Å². The van der Waals surface area contributed by atoms with Crippen molar-refractivity contribution < 1.29 is 48.1 Å². The summed E-state index contributed by atoms with van der Waals surface area (Å²) in [5, 5.41) is 40.7. The summed E-state index contributed by atoms with van der Waals surface area (Å²) in [5.74, 6) is -0.376. The molecule has 1 aliphatic carbocycles. The lowest BCUT2D eigenvalue weighted by Crippen LogP contribution is -2.37.